The normalized spacial score (nSPS) is 17.4. The lowest BCUT2D eigenvalue weighted by atomic mass is 10.2. The van der Waals surface area contributed by atoms with Crippen LogP contribution >= 0.6 is 0 Å². The lowest BCUT2D eigenvalue weighted by Gasteiger charge is -2.26. The first kappa shape index (κ1) is 27.0. The van der Waals surface area contributed by atoms with Gasteiger partial charge in [-0.3, -0.25) is 4.79 Å². The Bertz CT molecular complexity index is 1360. The number of anilines is 1. The maximum Gasteiger partial charge on any atom is 0.342 e. The first-order valence-electron chi connectivity index (χ1n) is 11.6. The van der Waals surface area contributed by atoms with Gasteiger partial charge < -0.3 is 19.9 Å². The number of morpholine rings is 1. The highest BCUT2D eigenvalue weighted by Crippen LogP contribution is 2.25. The van der Waals surface area contributed by atoms with Crippen molar-refractivity contribution in [3.8, 4) is 5.75 Å². The fourth-order valence-electron chi connectivity index (χ4n) is 3.97. The molecule has 2 aliphatic heterocycles. The van der Waals surface area contributed by atoms with E-state index in [0.29, 0.717) is 18.8 Å². The molecule has 0 atom stereocenters. The van der Waals surface area contributed by atoms with Crippen LogP contribution in [0.1, 0.15) is 23.2 Å². The van der Waals surface area contributed by atoms with E-state index in [1.807, 2.05) is 0 Å². The Morgan fingerprint density at radius 3 is 2.08 bits per heavy atom. The number of aromatic hydroxyl groups is 1. The third kappa shape index (κ3) is 6.10. The van der Waals surface area contributed by atoms with Crippen molar-refractivity contribution in [2.24, 2.45) is 0 Å². The number of rotatable bonds is 8. The molecule has 2 aliphatic rings. The average Bonchev–Trinajstić information content (AvgIpc) is 3.44. The Hall–Kier alpha value is -3.04. The predicted molar refractivity (Wildman–Crippen MR) is 131 cm³/mol. The molecular weight excluding hydrogens is 526 g/mol. The smallest absolute Gasteiger partial charge is 0.342 e. The number of sulfonamides is 2. The lowest BCUT2D eigenvalue weighted by Crippen LogP contribution is -2.40. The number of hydrogen-bond acceptors (Lipinski definition) is 9. The van der Waals surface area contributed by atoms with Gasteiger partial charge in [0.15, 0.2) is 6.61 Å². The number of nitrogens with one attached hydrogen (secondary N) is 1. The summed E-state index contributed by atoms with van der Waals surface area (Å²) in [5, 5.41) is 12.6. The molecule has 0 aliphatic carbocycles. The van der Waals surface area contributed by atoms with Crippen molar-refractivity contribution in [1.82, 2.24) is 8.61 Å². The Kier molecular flexibility index (Phi) is 8.14. The van der Waals surface area contributed by atoms with Crippen LogP contribution in [0.5, 0.6) is 5.75 Å². The molecule has 1 amide bonds. The quantitative estimate of drug-likeness (QED) is 0.455. The summed E-state index contributed by atoms with van der Waals surface area (Å²) >= 11 is 0. The van der Waals surface area contributed by atoms with E-state index in [4.69, 9.17) is 9.47 Å². The highest BCUT2D eigenvalue weighted by atomic mass is 32.2. The van der Waals surface area contributed by atoms with Gasteiger partial charge >= 0.3 is 5.97 Å². The zero-order valence-corrected chi connectivity index (χ0v) is 21.5. The van der Waals surface area contributed by atoms with Gasteiger partial charge in [0.05, 0.1) is 23.0 Å². The molecule has 2 saturated heterocycles. The van der Waals surface area contributed by atoms with Crippen LogP contribution in [0.3, 0.4) is 0 Å². The van der Waals surface area contributed by atoms with E-state index in [1.165, 1.54) is 38.9 Å². The number of esters is 1. The molecule has 0 spiro atoms. The van der Waals surface area contributed by atoms with Gasteiger partial charge in [-0.25, -0.2) is 21.6 Å². The molecule has 2 aromatic carbocycles. The molecule has 12 nitrogen and oxygen atoms in total. The zero-order valence-electron chi connectivity index (χ0n) is 19.8. The molecule has 2 aromatic rings. The summed E-state index contributed by atoms with van der Waals surface area (Å²) in [4.78, 5) is 24.7. The third-order valence-electron chi connectivity index (χ3n) is 5.97. The van der Waals surface area contributed by atoms with Gasteiger partial charge in [0.1, 0.15) is 11.3 Å². The fraction of sp³-hybridized carbons (Fsp3) is 0.391. The van der Waals surface area contributed by atoms with Gasteiger partial charge in [0.2, 0.25) is 20.0 Å². The van der Waals surface area contributed by atoms with Crippen LogP contribution in [0.25, 0.3) is 0 Å². The minimum atomic E-state index is -3.92. The number of hydrogen-bond donors (Lipinski definition) is 2. The number of ether oxygens (including phenoxy) is 2. The van der Waals surface area contributed by atoms with Crippen LogP contribution in [0, 0.1) is 0 Å². The molecular formula is C23H27N3O9S2. The number of phenolic OH excluding ortho intramolecular Hbond substituents is 1. The van der Waals surface area contributed by atoms with Gasteiger partial charge in [-0.05, 0) is 55.3 Å². The molecule has 14 heteroatoms. The fourth-order valence-corrected chi connectivity index (χ4v) is 6.92. The van der Waals surface area contributed by atoms with Crippen LogP contribution in [0.15, 0.2) is 52.3 Å². The van der Waals surface area contributed by atoms with Gasteiger partial charge in [-0.15, -0.1) is 0 Å². The molecule has 2 N–H and O–H groups in total. The molecule has 4 rings (SSSR count). The highest BCUT2D eigenvalue weighted by Gasteiger charge is 2.29. The molecule has 2 fully saturated rings. The second kappa shape index (κ2) is 11.1. The van der Waals surface area contributed by atoms with Crippen molar-refractivity contribution in [1.29, 1.82) is 0 Å². The highest BCUT2D eigenvalue weighted by molar-refractivity contribution is 7.89. The van der Waals surface area contributed by atoms with Gasteiger partial charge in [-0.2, -0.15) is 8.61 Å². The number of carbonyl (C=O) groups excluding carboxylic acids is 2. The molecule has 0 saturated carbocycles. The molecule has 0 bridgehead atoms. The second-order valence-corrected chi connectivity index (χ2v) is 12.3. The van der Waals surface area contributed by atoms with E-state index in [1.54, 1.807) is 0 Å². The van der Waals surface area contributed by atoms with E-state index >= 15 is 0 Å². The number of amides is 1. The minimum Gasteiger partial charge on any atom is -0.507 e. The van der Waals surface area contributed by atoms with Gasteiger partial charge in [0.25, 0.3) is 5.91 Å². The Morgan fingerprint density at radius 2 is 1.43 bits per heavy atom. The van der Waals surface area contributed by atoms with E-state index in [2.05, 4.69) is 5.32 Å². The zero-order chi connectivity index (χ0) is 26.6. The number of phenols is 1. The average molecular weight is 554 g/mol. The summed E-state index contributed by atoms with van der Waals surface area (Å²) in [5.74, 6) is -2.29. The van der Waals surface area contributed by atoms with Crippen molar-refractivity contribution in [3.05, 3.63) is 48.0 Å². The van der Waals surface area contributed by atoms with E-state index in [-0.39, 0.29) is 36.1 Å². The molecule has 0 unspecified atom stereocenters. The number of nitrogens with zero attached hydrogens (tertiary/aromatic N) is 2. The van der Waals surface area contributed by atoms with Crippen LogP contribution in [-0.4, -0.2) is 88.4 Å². The Morgan fingerprint density at radius 1 is 0.865 bits per heavy atom. The third-order valence-corrected chi connectivity index (χ3v) is 9.78. The maximum atomic E-state index is 12.8. The number of benzene rings is 2. The lowest BCUT2D eigenvalue weighted by molar-refractivity contribution is -0.119. The summed E-state index contributed by atoms with van der Waals surface area (Å²) in [5.41, 5.74) is -0.110. The molecule has 0 radical (unpaired) electrons. The topological polar surface area (TPSA) is 160 Å². The Balaban J connectivity index is 1.36. The first-order valence-corrected chi connectivity index (χ1v) is 14.5. The van der Waals surface area contributed by atoms with Crippen molar-refractivity contribution >= 4 is 37.6 Å². The van der Waals surface area contributed by atoms with Gasteiger partial charge in [0, 0.05) is 31.9 Å². The molecule has 0 aromatic heterocycles. The summed E-state index contributed by atoms with van der Waals surface area (Å²) in [6.07, 6.45) is 1.63. The molecule has 37 heavy (non-hydrogen) atoms. The molecule has 2 heterocycles. The minimum absolute atomic E-state index is 0.112. The summed E-state index contributed by atoms with van der Waals surface area (Å²) in [7, 11) is -7.50. The summed E-state index contributed by atoms with van der Waals surface area (Å²) in [6.45, 7) is 1.05. The Labute approximate surface area is 214 Å². The van der Waals surface area contributed by atoms with Crippen LogP contribution in [-0.2, 0) is 34.3 Å². The largest absolute Gasteiger partial charge is 0.507 e. The standard InChI is InChI=1S/C23H27N3O9S2/c27-21-8-7-19(37(32,33)26-11-13-34-14-12-26)15-20(21)23(29)35-16-22(28)24-17-3-5-18(6-4-17)36(30,31)25-9-1-2-10-25/h3-8,15,27H,1-2,9-14,16H2,(H,24,28). The summed E-state index contributed by atoms with van der Waals surface area (Å²) < 4.78 is 63.6. The van der Waals surface area contributed by atoms with Crippen LogP contribution in [0.4, 0.5) is 5.69 Å². The van der Waals surface area contributed by atoms with Crippen molar-refractivity contribution < 1.29 is 41.0 Å². The monoisotopic (exact) mass is 553 g/mol. The first-order chi connectivity index (χ1) is 17.6. The van der Waals surface area contributed by atoms with Crippen molar-refractivity contribution in [3.63, 3.8) is 0 Å². The van der Waals surface area contributed by atoms with E-state index < -0.39 is 49.8 Å². The predicted octanol–water partition coefficient (Wildman–Crippen LogP) is 0.993. The van der Waals surface area contributed by atoms with Crippen LogP contribution < -0.4 is 5.32 Å². The molecule has 200 valence electrons. The van der Waals surface area contributed by atoms with Crippen molar-refractivity contribution in [2.45, 2.75) is 22.6 Å². The van der Waals surface area contributed by atoms with E-state index in [0.717, 1.165) is 25.0 Å². The maximum absolute atomic E-state index is 12.8. The van der Waals surface area contributed by atoms with E-state index in [9.17, 15) is 31.5 Å². The van der Waals surface area contributed by atoms with Crippen molar-refractivity contribution in [2.75, 3.05) is 51.3 Å². The van der Waals surface area contributed by atoms with Crippen LogP contribution in [0.2, 0.25) is 0 Å². The summed E-state index contributed by atoms with van der Waals surface area (Å²) in [6, 6.07) is 8.86. The van der Waals surface area contributed by atoms with Gasteiger partial charge in [-0.1, -0.05) is 0 Å². The number of carbonyl (C=O) groups is 2. The second-order valence-electron chi connectivity index (χ2n) is 8.46. The SMILES string of the molecule is O=C(COC(=O)c1cc(S(=O)(=O)N2CCOCC2)ccc1O)Nc1ccc(S(=O)(=O)N2CCCC2)cc1.